The summed E-state index contributed by atoms with van der Waals surface area (Å²) in [5.41, 5.74) is 0. The van der Waals surface area contributed by atoms with E-state index in [4.69, 9.17) is 6.87 Å². The summed E-state index contributed by atoms with van der Waals surface area (Å²) in [5.74, 6) is 0. The Hall–Kier alpha value is 0.951. The molecule has 0 saturated heterocycles. The molecule has 0 aliphatic carbocycles. The van der Waals surface area contributed by atoms with Crippen molar-refractivity contribution in [3.63, 3.8) is 0 Å². The third-order valence-corrected chi connectivity index (χ3v) is 0. The zero-order chi connectivity index (χ0) is 4.00. The van der Waals surface area contributed by atoms with Crippen molar-refractivity contribution in [2.45, 2.75) is 0 Å². The van der Waals surface area contributed by atoms with Crippen LogP contribution < -0.4 is 0 Å². The van der Waals surface area contributed by atoms with E-state index in [0.717, 1.165) is 19.8 Å². The molecule has 0 heterocycles. The molecule has 0 aromatic carbocycles. The molecule has 0 saturated carbocycles. The molecule has 0 radical (unpaired) electrons. The molecule has 4 heavy (non-hydrogen) atoms. The second-order valence-corrected chi connectivity index (χ2v) is 0. The predicted molar refractivity (Wildman–Crippen MR) is 1.37 cm³/mol. The van der Waals surface area contributed by atoms with Crippen molar-refractivity contribution >= 4 is 0 Å². The summed E-state index contributed by atoms with van der Waals surface area (Å²) in [7, 11) is 0. The van der Waals surface area contributed by atoms with Gasteiger partial charge in [0.15, 0.2) is 0 Å². The molecule has 0 rings (SSSR count). The van der Waals surface area contributed by atoms with Crippen LogP contribution in [-0.2, 0) is 45.8 Å². The molecule has 0 atom stereocenters. The monoisotopic (exact) mass is 333 g/mol. The van der Waals surface area contributed by atoms with E-state index in [2.05, 4.69) is 0 Å². The van der Waals surface area contributed by atoms with Crippen LogP contribution in [0.1, 0.15) is 0 Å². The minimum atomic E-state index is 0.889. The van der Waals surface area contributed by atoms with Gasteiger partial charge in [-0.25, -0.2) is 0 Å². The first-order valence-corrected chi connectivity index (χ1v) is 1.82. The summed E-state index contributed by atoms with van der Waals surface area (Å²) in [6.07, 6.45) is 0. The Morgan fingerprint density at radius 3 is 1.25 bits per heavy atom. The van der Waals surface area contributed by atoms with Crippen molar-refractivity contribution in [3.05, 3.63) is 0 Å². The average molecular weight is 333 g/mol. The number of hydrogen-bond acceptors (Lipinski definition) is 2. The zero-order valence-corrected chi connectivity index (χ0v) is 5.28. The van der Waals surface area contributed by atoms with Crippen LogP contribution in [0.2, 0.25) is 0 Å². The maximum atomic E-state index is 8.22. The maximum absolute atomic E-state index is 8.22. The van der Waals surface area contributed by atoms with Crippen molar-refractivity contribution in [1.82, 2.24) is 0 Å². The molecular formula is O2PdPt. The molecule has 0 N–H and O–H groups in total. The Kier molecular flexibility index (Phi) is 84.4. The first kappa shape index (κ1) is 8.87. The molecule has 2 nitrogen and oxygen atoms in total. The summed E-state index contributed by atoms with van der Waals surface area (Å²) in [6.45, 7) is 0. The van der Waals surface area contributed by atoms with Gasteiger partial charge in [0.1, 0.15) is 0 Å². The standard InChI is InChI=1S/2O.Pd.Pt. The number of hydrogen-bond donors (Lipinski definition) is 0. The van der Waals surface area contributed by atoms with Gasteiger partial charge in [0.05, 0.1) is 0 Å². The predicted octanol–water partition coefficient (Wildman–Crippen LogP) is -0.243. The first-order valence-electron chi connectivity index (χ1n) is 0.258. The fourth-order valence-electron chi connectivity index (χ4n) is 0. The van der Waals surface area contributed by atoms with Gasteiger partial charge < -0.3 is 0 Å². The molecule has 32 valence electrons. The first-order chi connectivity index (χ1) is 2.00. The van der Waals surface area contributed by atoms with E-state index in [1.165, 1.54) is 19.2 Å². The molecular weight excluding hydrogens is 333 g/mol. The summed E-state index contributed by atoms with van der Waals surface area (Å²) >= 11 is 2.39. The van der Waals surface area contributed by atoms with Gasteiger partial charge in [-0.2, -0.15) is 0 Å². The molecule has 0 aromatic heterocycles. The second-order valence-electron chi connectivity index (χ2n) is 0. The third kappa shape index (κ3) is 12.4. The SMILES string of the molecule is [O]=[Pd].[O]=[Pt]. The van der Waals surface area contributed by atoms with Gasteiger partial charge in [-0.05, 0) is 0 Å². The van der Waals surface area contributed by atoms with Crippen LogP contribution >= 0.6 is 0 Å². The van der Waals surface area contributed by atoms with Crippen LogP contribution in [0.15, 0.2) is 0 Å². The van der Waals surface area contributed by atoms with Gasteiger partial charge in [-0.15, -0.1) is 0 Å². The second kappa shape index (κ2) is 38.1. The molecule has 4 heteroatoms. The quantitative estimate of drug-likeness (QED) is 0.573. The van der Waals surface area contributed by atoms with Gasteiger partial charge in [0, 0.05) is 0 Å². The van der Waals surface area contributed by atoms with Crippen molar-refractivity contribution in [2.24, 2.45) is 0 Å². The van der Waals surface area contributed by atoms with Crippen LogP contribution in [0.3, 0.4) is 0 Å². The molecule has 0 amide bonds. The van der Waals surface area contributed by atoms with Crippen LogP contribution in [0.5, 0.6) is 0 Å². The summed E-state index contributed by atoms with van der Waals surface area (Å²) in [6, 6.07) is 0. The Balaban J connectivity index is 0. The molecule has 0 fully saturated rings. The van der Waals surface area contributed by atoms with Crippen molar-refractivity contribution in [3.8, 4) is 0 Å². The van der Waals surface area contributed by atoms with Crippen molar-refractivity contribution in [1.29, 1.82) is 0 Å². The average Bonchev–Trinajstić information content (AvgIpc) is 1.50. The van der Waals surface area contributed by atoms with Crippen LogP contribution in [0.25, 0.3) is 0 Å². The molecule has 0 aliphatic rings. The zero-order valence-electron chi connectivity index (χ0n) is 1.45. The summed E-state index contributed by atoms with van der Waals surface area (Å²) in [4.78, 5) is 0. The molecule has 0 spiro atoms. The van der Waals surface area contributed by atoms with E-state index in [9.17, 15) is 0 Å². The molecule has 0 bridgehead atoms. The van der Waals surface area contributed by atoms with Crippen molar-refractivity contribution < 1.29 is 45.8 Å². The van der Waals surface area contributed by atoms with E-state index in [0.29, 0.717) is 0 Å². The van der Waals surface area contributed by atoms with E-state index < -0.39 is 0 Å². The van der Waals surface area contributed by atoms with Crippen LogP contribution in [0, 0.1) is 0 Å². The normalized spacial score (nSPS) is 3.00. The van der Waals surface area contributed by atoms with E-state index in [-0.39, 0.29) is 0 Å². The van der Waals surface area contributed by atoms with Gasteiger partial charge in [-0.1, -0.05) is 0 Å². The van der Waals surface area contributed by atoms with Gasteiger partial charge in [0.25, 0.3) is 0 Å². The summed E-state index contributed by atoms with van der Waals surface area (Å²) in [5, 5.41) is 0. The Labute approximate surface area is 45.9 Å². The summed E-state index contributed by atoms with van der Waals surface area (Å²) < 4.78 is 16.3. The fraction of sp³-hybridized carbons (Fsp3) is 0. The Morgan fingerprint density at radius 1 is 1.25 bits per heavy atom. The van der Waals surface area contributed by atoms with E-state index >= 15 is 0 Å². The topological polar surface area (TPSA) is 34.1 Å². The Bertz CT molecular complexity index is 8.00. The van der Waals surface area contributed by atoms with Gasteiger partial charge in [0.2, 0.25) is 0 Å². The third-order valence-electron chi connectivity index (χ3n) is 0. The van der Waals surface area contributed by atoms with Gasteiger partial charge in [-0.3, -0.25) is 0 Å². The minimum absolute atomic E-state index is 0.889. The van der Waals surface area contributed by atoms with Crippen LogP contribution in [-0.4, -0.2) is 0 Å². The molecule has 0 aromatic rings. The molecule has 0 aliphatic heterocycles. The van der Waals surface area contributed by atoms with Crippen molar-refractivity contribution in [2.75, 3.05) is 0 Å². The van der Waals surface area contributed by atoms with E-state index in [1.54, 1.807) is 0 Å². The number of rotatable bonds is 0. The molecule has 0 unspecified atom stereocenters. The van der Waals surface area contributed by atoms with Gasteiger partial charge >= 0.3 is 45.8 Å². The van der Waals surface area contributed by atoms with E-state index in [1.807, 2.05) is 0 Å². The van der Waals surface area contributed by atoms with Crippen LogP contribution in [0.4, 0.5) is 0 Å². The Morgan fingerprint density at radius 2 is 1.25 bits per heavy atom. The fourth-order valence-corrected chi connectivity index (χ4v) is 0.